The lowest BCUT2D eigenvalue weighted by atomic mass is 10.2. The van der Waals surface area contributed by atoms with Gasteiger partial charge in [0.1, 0.15) is 0 Å². The number of hydrogen-bond donors (Lipinski definition) is 1. The fourth-order valence-electron chi connectivity index (χ4n) is 2.12. The highest BCUT2D eigenvalue weighted by molar-refractivity contribution is 5.81. The van der Waals surface area contributed by atoms with Crippen LogP contribution in [0.15, 0.2) is 30.5 Å². The van der Waals surface area contributed by atoms with Crippen LogP contribution in [0.1, 0.15) is 12.0 Å². The number of nitrogens with one attached hydrogen (secondary N) is 1. The second-order valence-electron chi connectivity index (χ2n) is 4.49. The number of nitriles is 1. The van der Waals surface area contributed by atoms with Crippen molar-refractivity contribution in [3.63, 3.8) is 0 Å². The summed E-state index contributed by atoms with van der Waals surface area (Å²) in [6.07, 6.45) is 3.14. The number of aromatic nitrogens is 1. The number of benzene rings is 1. The molecule has 0 aliphatic heterocycles. The van der Waals surface area contributed by atoms with E-state index < -0.39 is 0 Å². The van der Waals surface area contributed by atoms with Crippen molar-refractivity contribution >= 4 is 10.9 Å². The van der Waals surface area contributed by atoms with Gasteiger partial charge in [-0.1, -0.05) is 6.07 Å². The summed E-state index contributed by atoms with van der Waals surface area (Å²) in [5.74, 6) is 0. The summed E-state index contributed by atoms with van der Waals surface area (Å²) in [7, 11) is 1.71. The number of ether oxygens (including phenoxy) is 1. The van der Waals surface area contributed by atoms with Crippen LogP contribution >= 0.6 is 0 Å². The average Bonchev–Trinajstić information content (AvgIpc) is 2.85. The van der Waals surface area contributed by atoms with Crippen molar-refractivity contribution in [1.29, 1.82) is 5.26 Å². The monoisotopic (exact) mass is 257 g/mol. The molecule has 0 fully saturated rings. The Kier molecular flexibility index (Phi) is 4.96. The largest absolute Gasteiger partial charge is 0.383 e. The Labute approximate surface area is 113 Å². The fourth-order valence-corrected chi connectivity index (χ4v) is 2.12. The molecule has 1 aromatic carbocycles. The van der Waals surface area contributed by atoms with Crippen LogP contribution < -0.4 is 5.32 Å². The molecule has 0 radical (unpaired) electrons. The van der Waals surface area contributed by atoms with E-state index in [2.05, 4.69) is 28.2 Å². The SMILES string of the molecule is COCCNCCCn1ccc2ccc(C#N)cc21. The van der Waals surface area contributed by atoms with Crippen LogP contribution in [0.2, 0.25) is 0 Å². The van der Waals surface area contributed by atoms with Crippen molar-refractivity contribution in [3.8, 4) is 6.07 Å². The lowest BCUT2D eigenvalue weighted by Crippen LogP contribution is -2.21. The molecule has 2 aromatic rings. The van der Waals surface area contributed by atoms with Crippen molar-refractivity contribution in [2.45, 2.75) is 13.0 Å². The molecule has 0 bridgehead atoms. The van der Waals surface area contributed by atoms with Crippen molar-refractivity contribution in [2.24, 2.45) is 0 Å². The molecule has 0 atom stereocenters. The molecule has 0 aliphatic rings. The van der Waals surface area contributed by atoms with Crippen molar-refractivity contribution in [2.75, 3.05) is 26.8 Å². The molecule has 19 heavy (non-hydrogen) atoms. The molecule has 0 saturated carbocycles. The van der Waals surface area contributed by atoms with Crippen LogP contribution in [0.5, 0.6) is 0 Å². The van der Waals surface area contributed by atoms with Gasteiger partial charge in [0.15, 0.2) is 0 Å². The Morgan fingerprint density at radius 1 is 1.32 bits per heavy atom. The molecule has 2 rings (SSSR count). The first kappa shape index (κ1) is 13.6. The van der Waals surface area contributed by atoms with Crippen molar-refractivity contribution < 1.29 is 4.74 Å². The van der Waals surface area contributed by atoms with E-state index in [0.29, 0.717) is 5.56 Å². The molecule has 4 nitrogen and oxygen atoms in total. The average molecular weight is 257 g/mol. The Morgan fingerprint density at radius 2 is 2.21 bits per heavy atom. The van der Waals surface area contributed by atoms with Crippen LogP contribution in [0.25, 0.3) is 10.9 Å². The van der Waals surface area contributed by atoms with Gasteiger partial charge in [-0.3, -0.25) is 0 Å². The van der Waals surface area contributed by atoms with Crippen LogP contribution in [0, 0.1) is 11.3 Å². The first-order valence-electron chi connectivity index (χ1n) is 6.54. The first-order chi connectivity index (χ1) is 9.35. The molecule has 1 heterocycles. The molecule has 0 unspecified atom stereocenters. The Hall–Kier alpha value is -1.83. The molecule has 0 saturated heterocycles. The Balaban J connectivity index is 1.92. The zero-order valence-corrected chi connectivity index (χ0v) is 11.2. The Bertz CT molecular complexity index is 568. The van der Waals surface area contributed by atoms with E-state index in [1.165, 1.54) is 5.39 Å². The van der Waals surface area contributed by atoms with E-state index in [0.717, 1.165) is 38.2 Å². The number of nitrogens with zero attached hydrogens (tertiary/aromatic N) is 2. The van der Waals surface area contributed by atoms with Crippen LogP contribution in [-0.2, 0) is 11.3 Å². The third kappa shape index (κ3) is 3.57. The maximum atomic E-state index is 8.94. The molecule has 0 spiro atoms. The Morgan fingerprint density at radius 3 is 3.00 bits per heavy atom. The minimum atomic E-state index is 0.714. The van der Waals surface area contributed by atoms with E-state index >= 15 is 0 Å². The summed E-state index contributed by atoms with van der Waals surface area (Å²) >= 11 is 0. The minimum Gasteiger partial charge on any atom is -0.383 e. The molecule has 0 amide bonds. The predicted molar refractivity (Wildman–Crippen MR) is 76.0 cm³/mol. The molecule has 1 N–H and O–H groups in total. The van der Waals surface area contributed by atoms with Gasteiger partial charge < -0.3 is 14.6 Å². The smallest absolute Gasteiger partial charge is 0.0992 e. The quantitative estimate of drug-likeness (QED) is 0.773. The fraction of sp³-hybridized carbons (Fsp3) is 0.400. The molecule has 100 valence electrons. The first-order valence-corrected chi connectivity index (χ1v) is 6.54. The van der Waals surface area contributed by atoms with Gasteiger partial charge in [0.05, 0.1) is 18.2 Å². The van der Waals surface area contributed by atoms with Gasteiger partial charge in [-0.15, -0.1) is 0 Å². The molecule has 1 aromatic heterocycles. The van der Waals surface area contributed by atoms with E-state index in [9.17, 15) is 0 Å². The second-order valence-corrected chi connectivity index (χ2v) is 4.49. The van der Waals surface area contributed by atoms with Gasteiger partial charge in [0.2, 0.25) is 0 Å². The summed E-state index contributed by atoms with van der Waals surface area (Å²) < 4.78 is 7.18. The van der Waals surface area contributed by atoms with Gasteiger partial charge in [0, 0.05) is 31.9 Å². The number of rotatable bonds is 7. The van der Waals surface area contributed by atoms with Crippen LogP contribution in [0.3, 0.4) is 0 Å². The van der Waals surface area contributed by atoms with E-state index in [-0.39, 0.29) is 0 Å². The summed E-state index contributed by atoms with van der Waals surface area (Å²) in [6.45, 7) is 3.57. The minimum absolute atomic E-state index is 0.714. The van der Waals surface area contributed by atoms with Crippen LogP contribution in [0.4, 0.5) is 0 Å². The van der Waals surface area contributed by atoms with Gasteiger partial charge >= 0.3 is 0 Å². The lowest BCUT2D eigenvalue weighted by molar-refractivity contribution is 0.199. The van der Waals surface area contributed by atoms with Gasteiger partial charge in [-0.05, 0) is 36.6 Å². The molecular formula is C15H19N3O. The maximum Gasteiger partial charge on any atom is 0.0992 e. The highest BCUT2D eigenvalue weighted by Crippen LogP contribution is 2.17. The van der Waals surface area contributed by atoms with Gasteiger partial charge in [-0.2, -0.15) is 5.26 Å². The zero-order valence-electron chi connectivity index (χ0n) is 11.2. The predicted octanol–water partition coefficient (Wildman–Crippen LogP) is 2.14. The second kappa shape index (κ2) is 6.93. The molecular weight excluding hydrogens is 238 g/mol. The number of hydrogen-bond acceptors (Lipinski definition) is 3. The zero-order chi connectivity index (χ0) is 13.5. The van der Waals surface area contributed by atoms with E-state index in [1.807, 2.05) is 18.2 Å². The number of aryl methyl sites for hydroxylation is 1. The number of fused-ring (bicyclic) bond motifs is 1. The van der Waals surface area contributed by atoms with Crippen molar-refractivity contribution in [1.82, 2.24) is 9.88 Å². The molecule has 4 heteroatoms. The van der Waals surface area contributed by atoms with E-state index in [1.54, 1.807) is 7.11 Å². The third-order valence-electron chi connectivity index (χ3n) is 3.14. The normalized spacial score (nSPS) is 10.7. The number of methoxy groups -OCH3 is 1. The highest BCUT2D eigenvalue weighted by Gasteiger charge is 2.02. The summed E-state index contributed by atoms with van der Waals surface area (Å²) in [4.78, 5) is 0. The summed E-state index contributed by atoms with van der Waals surface area (Å²) in [5, 5.41) is 13.5. The highest BCUT2D eigenvalue weighted by atomic mass is 16.5. The molecule has 0 aliphatic carbocycles. The summed E-state index contributed by atoms with van der Waals surface area (Å²) in [6, 6.07) is 10.1. The lowest BCUT2D eigenvalue weighted by Gasteiger charge is -2.07. The summed E-state index contributed by atoms with van der Waals surface area (Å²) in [5.41, 5.74) is 1.85. The van der Waals surface area contributed by atoms with Gasteiger partial charge in [0.25, 0.3) is 0 Å². The van der Waals surface area contributed by atoms with E-state index in [4.69, 9.17) is 10.00 Å². The van der Waals surface area contributed by atoms with Crippen LogP contribution in [-0.4, -0.2) is 31.4 Å². The third-order valence-corrected chi connectivity index (χ3v) is 3.14. The van der Waals surface area contributed by atoms with Crippen molar-refractivity contribution in [3.05, 3.63) is 36.0 Å². The topological polar surface area (TPSA) is 50.0 Å². The standard InChI is InChI=1S/C15H19N3O/c1-19-10-7-17-6-2-8-18-9-5-14-4-3-13(12-16)11-15(14)18/h3-5,9,11,17H,2,6-8,10H2,1H3. The maximum absolute atomic E-state index is 8.94. The van der Waals surface area contributed by atoms with Gasteiger partial charge in [-0.25, -0.2) is 0 Å².